The topological polar surface area (TPSA) is 88.1 Å². The fourth-order valence-corrected chi connectivity index (χ4v) is 4.48. The molecule has 3 aromatic carbocycles. The molecule has 0 radical (unpaired) electrons. The van der Waals surface area contributed by atoms with Crippen LogP contribution < -0.4 is 16.0 Å². The molecule has 5 rings (SSSR count). The van der Waals surface area contributed by atoms with E-state index in [0.29, 0.717) is 28.5 Å². The number of aromatic nitrogens is 4. The molecule has 0 saturated carbocycles. The smallest absolute Gasteiger partial charge is 0.337 e. The highest BCUT2D eigenvalue weighted by Gasteiger charge is 2.21. The minimum absolute atomic E-state index is 0.0738. The second kappa shape index (κ2) is 10.5. The van der Waals surface area contributed by atoms with E-state index < -0.39 is 17.1 Å². The summed E-state index contributed by atoms with van der Waals surface area (Å²) in [6.07, 6.45) is 1.40. The van der Waals surface area contributed by atoms with Gasteiger partial charge in [-0.3, -0.25) is 14.2 Å². The molecule has 0 spiro atoms. The van der Waals surface area contributed by atoms with E-state index in [9.17, 15) is 18.8 Å². The lowest BCUT2D eigenvalue weighted by Crippen LogP contribution is -2.40. The average Bonchev–Trinajstić information content (AvgIpc) is 3.35. The zero-order chi connectivity index (χ0) is 27.7. The van der Waals surface area contributed by atoms with E-state index in [-0.39, 0.29) is 30.0 Å². The second-order valence-electron chi connectivity index (χ2n) is 9.58. The normalized spacial score (nSPS) is 11.3. The van der Waals surface area contributed by atoms with E-state index in [1.54, 1.807) is 31.4 Å². The quantitative estimate of drug-likeness (QED) is 0.277. The number of ketones is 1. The summed E-state index contributed by atoms with van der Waals surface area (Å²) in [6.45, 7) is 3.92. The van der Waals surface area contributed by atoms with Gasteiger partial charge in [0.25, 0.3) is 5.56 Å². The number of carbonyl (C=O) groups is 1. The Hall–Kier alpha value is -4.79. The Morgan fingerprint density at radius 2 is 1.62 bits per heavy atom. The molecule has 9 heteroatoms. The van der Waals surface area contributed by atoms with Gasteiger partial charge in [-0.1, -0.05) is 38.1 Å². The van der Waals surface area contributed by atoms with Gasteiger partial charge in [0.05, 0.1) is 32.2 Å². The highest BCUT2D eigenvalue weighted by atomic mass is 19.1. The summed E-state index contributed by atoms with van der Waals surface area (Å²) >= 11 is 0. The molecule has 5 aromatic rings. The van der Waals surface area contributed by atoms with Crippen LogP contribution in [0.25, 0.3) is 16.9 Å². The Morgan fingerprint density at radius 3 is 2.23 bits per heavy atom. The lowest BCUT2D eigenvalue weighted by Gasteiger charge is -2.14. The van der Waals surface area contributed by atoms with Crippen molar-refractivity contribution in [1.29, 1.82) is 0 Å². The summed E-state index contributed by atoms with van der Waals surface area (Å²) in [5.41, 5.74) is 1.76. The number of benzene rings is 3. The van der Waals surface area contributed by atoms with Crippen molar-refractivity contribution in [3.63, 3.8) is 0 Å². The van der Waals surface area contributed by atoms with Gasteiger partial charge in [0.15, 0.2) is 16.9 Å². The predicted octanol–water partition coefficient (Wildman–Crippen LogP) is 4.55. The zero-order valence-corrected chi connectivity index (χ0v) is 21.8. The van der Waals surface area contributed by atoms with Crippen molar-refractivity contribution in [1.82, 2.24) is 18.7 Å². The highest BCUT2D eigenvalue weighted by Crippen LogP contribution is 2.19. The number of fused-ring (bicyclic) bond motifs is 1. The molecule has 0 atom stereocenters. The van der Waals surface area contributed by atoms with Crippen molar-refractivity contribution in [2.24, 2.45) is 0 Å². The van der Waals surface area contributed by atoms with Crippen molar-refractivity contribution >= 4 is 16.9 Å². The first-order valence-electron chi connectivity index (χ1n) is 12.5. The largest absolute Gasteiger partial charge is 0.497 e. The van der Waals surface area contributed by atoms with Crippen LogP contribution in [-0.2, 0) is 13.1 Å². The zero-order valence-electron chi connectivity index (χ0n) is 21.8. The van der Waals surface area contributed by atoms with E-state index in [2.05, 4.69) is 18.8 Å². The van der Waals surface area contributed by atoms with Crippen molar-refractivity contribution in [2.75, 3.05) is 7.11 Å². The summed E-state index contributed by atoms with van der Waals surface area (Å²) < 4.78 is 22.6. The van der Waals surface area contributed by atoms with Gasteiger partial charge in [0.2, 0.25) is 0 Å². The maximum Gasteiger partial charge on any atom is 0.337 e. The first-order chi connectivity index (χ1) is 18.8. The fourth-order valence-electron chi connectivity index (χ4n) is 4.48. The molecule has 2 heterocycles. The number of nitrogens with zero attached hydrogens (tertiary/aromatic N) is 4. The molecule has 0 N–H and O–H groups in total. The molecule has 0 aliphatic carbocycles. The number of carbonyl (C=O) groups excluding carboxylic acids is 1. The maximum atomic E-state index is 13.7. The van der Waals surface area contributed by atoms with Crippen molar-refractivity contribution in [3.05, 3.63) is 122 Å². The molecule has 0 fully saturated rings. The molecular weight excluding hydrogens is 499 g/mol. The van der Waals surface area contributed by atoms with E-state index in [0.717, 1.165) is 10.1 Å². The van der Waals surface area contributed by atoms with Crippen LogP contribution >= 0.6 is 0 Å². The van der Waals surface area contributed by atoms with Crippen molar-refractivity contribution in [3.8, 4) is 11.4 Å². The third-order valence-electron chi connectivity index (χ3n) is 6.70. The molecular formula is C30H27FN4O4. The summed E-state index contributed by atoms with van der Waals surface area (Å²) in [6, 6.07) is 19.8. The predicted molar refractivity (Wildman–Crippen MR) is 147 cm³/mol. The Kier molecular flexibility index (Phi) is 6.98. The van der Waals surface area contributed by atoms with Crippen LogP contribution in [0.5, 0.6) is 5.75 Å². The molecule has 0 aliphatic rings. The molecule has 0 amide bonds. The Labute approximate surface area is 223 Å². The minimum atomic E-state index is -0.589. The molecule has 0 saturated heterocycles. The first kappa shape index (κ1) is 25.8. The highest BCUT2D eigenvalue weighted by molar-refractivity contribution is 5.96. The summed E-state index contributed by atoms with van der Waals surface area (Å²) in [5.74, 6) is 0.266. The number of hydrogen-bond donors (Lipinski definition) is 0. The van der Waals surface area contributed by atoms with Crippen LogP contribution in [0.15, 0.2) is 88.7 Å². The summed E-state index contributed by atoms with van der Waals surface area (Å²) in [7, 11) is 1.54. The van der Waals surface area contributed by atoms with Gasteiger partial charge >= 0.3 is 5.69 Å². The Bertz CT molecular complexity index is 1760. The van der Waals surface area contributed by atoms with Crippen LogP contribution in [0.3, 0.4) is 0 Å². The first-order valence-corrected chi connectivity index (χ1v) is 12.5. The molecule has 0 unspecified atom stereocenters. The van der Waals surface area contributed by atoms with Gasteiger partial charge in [-0.2, -0.15) is 0 Å². The van der Waals surface area contributed by atoms with E-state index in [1.807, 2.05) is 24.3 Å². The molecule has 2 aromatic heterocycles. The maximum absolute atomic E-state index is 13.7. The molecule has 8 nitrogen and oxygen atoms in total. The van der Waals surface area contributed by atoms with Crippen LogP contribution in [0.2, 0.25) is 0 Å². The van der Waals surface area contributed by atoms with Gasteiger partial charge in [0, 0.05) is 5.56 Å². The number of ether oxygens (including phenoxy) is 1. The SMILES string of the molecule is COc1ccc(C(=O)Cn2cnc3c2c(=O)n(Cc2ccc(F)cc2)c(=O)n3-c2ccc(C(C)C)cc2)cc1. The lowest BCUT2D eigenvalue weighted by molar-refractivity contribution is 0.0973. The lowest BCUT2D eigenvalue weighted by atomic mass is 10.0. The third kappa shape index (κ3) is 5.03. The number of halogens is 1. The van der Waals surface area contributed by atoms with Gasteiger partial charge in [-0.15, -0.1) is 0 Å². The van der Waals surface area contributed by atoms with Crippen LogP contribution in [-0.4, -0.2) is 31.6 Å². The molecule has 39 heavy (non-hydrogen) atoms. The van der Waals surface area contributed by atoms with E-state index >= 15 is 0 Å². The van der Waals surface area contributed by atoms with Gasteiger partial charge in [-0.25, -0.2) is 18.7 Å². The van der Waals surface area contributed by atoms with Crippen LogP contribution in [0.1, 0.15) is 41.3 Å². The third-order valence-corrected chi connectivity index (χ3v) is 6.70. The van der Waals surface area contributed by atoms with Gasteiger partial charge < -0.3 is 9.30 Å². The standard InChI is InChI=1S/C30H27FN4O4/c1-19(2)21-6-12-24(13-7-21)35-28-27(29(37)34(30(35)38)16-20-4-10-23(31)11-5-20)33(18-32-28)17-26(36)22-8-14-25(39-3)15-9-22/h4-15,18-19H,16-17H2,1-3H3. The van der Waals surface area contributed by atoms with Crippen molar-refractivity contribution < 1.29 is 13.9 Å². The summed E-state index contributed by atoms with van der Waals surface area (Å²) in [5, 5.41) is 0. The van der Waals surface area contributed by atoms with Crippen LogP contribution in [0, 0.1) is 5.82 Å². The van der Waals surface area contributed by atoms with E-state index in [1.165, 1.54) is 39.7 Å². The van der Waals surface area contributed by atoms with Crippen LogP contribution in [0.4, 0.5) is 4.39 Å². The van der Waals surface area contributed by atoms with Gasteiger partial charge in [-0.05, 0) is 65.6 Å². The number of Topliss-reactive ketones (excluding diaryl/α,β-unsaturated/α-hetero) is 1. The minimum Gasteiger partial charge on any atom is -0.497 e. The van der Waals surface area contributed by atoms with Gasteiger partial charge in [0.1, 0.15) is 11.6 Å². The molecule has 198 valence electrons. The number of methoxy groups -OCH3 is 1. The summed E-state index contributed by atoms with van der Waals surface area (Å²) in [4.78, 5) is 44.9. The van der Waals surface area contributed by atoms with Crippen molar-refractivity contribution in [2.45, 2.75) is 32.9 Å². The second-order valence-corrected chi connectivity index (χ2v) is 9.58. The Balaban J connectivity index is 1.66. The molecule has 0 bridgehead atoms. The Morgan fingerprint density at radius 1 is 0.949 bits per heavy atom. The average molecular weight is 527 g/mol. The number of rotatable bonds is 8. The number of hydrogen-bond acceptors (Lipinski definition) is 5. The fraction of sp³-hybridized carbons (Fsp3) is 0.200. The van der Waals surface area contributed by atoms with E-state index in [4.69, 9.17) is 4.74 Å². The molecule has 0 aliphatic heterocycles. The number of imidazole rings is 1. The monoisotopic (exact) mass is 526 g/mol.